The van der Waals surface area contributed by atoms with Gasteiger partial charge >= 0.3 is 5.97 Å². The van der Waals surface area contributed by atoms with Crippen molar-refractivity contribution in [2.75, 3.05) is 20.3 Å². The largest absolute Gasteiger partial charge is 0.491 e. The smallest absolute Gasteiger partial charge is 0.305 e. The molecule has 1 rings (SSSR count). The number of rotatable bonds is 11. The quantitative estimate of drug-likeness (QED) is 0.372. The molecule has 0 spiro atoms. The second kappa shape index (κ2) is 10.4. The Labute approximate surface area is 141 Å². The van der Waals surface area contributed by atoms with Crippen LogP contribution in [0, 0.1) is 10.1 Å². The zero-order chi connectivity index (χ0) is 17.9. The van der Waals surface area contributed by atoms with Crippen LogP contribution in [0.5, 0.6) is 5.75 Å². The van der Waals surface area contributed by atoms with Gasteiger partial charge in [-0.3, -0.25) is 4.79 Å². The number of ether oxygens (including phenoxy) is 2. The molecule has 0 heterocycles. The lowest BCUT2D eigenvalue weighted by atomic mass is 10.1. The lowest BCUT2D eigenvalue weighted by Crippen LogP contribution is -2.38. The number of carbonyl (C=O) groups excluding carboxylic acids is 1. The number of hydrogen-bond acceptors (Lipinski definition) is 7. The van der Waals surface area contributed by atoms with Crippen LogP contribution in [0.3, 0.4) is 0 Å². The Balaban J connectivity index is 2.48. The van der Waals surface area contributed by atoms with E-state index in [4.69, 9.17) is 4.74 Å². The van der Waals surface area contributed by atoms with Crippen molar-refractivity contribution in [3.63, 3.8) is 0 Å². The van der Waals surface area contributed by atoms with E-state index in [1.165, 1.54) is 7.11 Å². The minimum absolute atomic E-state index is 0.0577. The number of methoxy groups -OCH3 is 1. The Hall–Kier alpha value is -2.35. The number of benzene rings is 1. The van der Waals surface area contributed by atoms with Crippen molar-refractivity contribution in [1.29, 1.82) is 0 Å². The van der Waals surface area contributed by atoms with E-state index in [-0.39, 0.29) is 18.6 Å². The van der Waals surface area contributed by atoms with Crippen molar-refractivity contribution in [3.8, 4) is 5.75 Å². The molecule has 0 aliphatic rings. The molecule has 0 bridgehead atoms. The molecule has 0 aliphatic heterocycles. The monoisotopic (exact) mass is 340 g/mol. The molecule has 1 aromatic carbocycles. The molecule has 0 amide bonds. The first kappa shape index (κ1) is 19.7. The number of carbonyl (C=O) groups is 1. The number of nitrogens with one attached hydrogen (secondary N) is 1. The van der Waals surface area contributed by atoms with Crippen LogP contribution in [-0.4, -0.2) is 43.5 Å². The topological polar surface area (TPSA) is 99.9 Å². The molecule has 0 saturated carbocycles. The highest BCUT2D eigenvalue weighted by atomic mass is 17.0. The molecule has 0 radical (unpaired) electrons. The first-order valence-electron chi connectivity index (χ1n) is 7.73. The molecular weight excluding hydrogens is 316 g/mol. The van der Waals surface area contributed by atoms with E-state index in [1.807, 2.05) is 26.0 Å². The van der Waals surface area contributed by atoms with Gasteiger partial charge in [0.2, 0.25) is 0 Å². The fourth-order valence-corrected chi connectivity index (χ4v) is 1.91. The van der Waals surface area contributed by atoms with Gasteiger partial charge < -0.3 is 19.6 Å². The Morgan fingerprint density at radius 2 is 1.96 bits per heavy atom. The fourth-order valence-electron chi connectivity index (χ4n) is 1.91. The molecule has 1 aromatic rings. The van der Waals surface area contributed by atoms with Gasteiger partial charge in [0.05, 0.1) is 7.11 Å². The predicted molar refractivity (Wildman–Crippen MR) is 87.3 cm³/mol. The van der Waals surface area contributed by atoms with Gasteiger partial charge in [0.25, 0.3) is 5.09 Å². The molecule has 0 fully saturated rings. The molecule has 134 valence electrons. The van der Waals surface area contributed by atoms with Crippen LogP contribution in [0.25, 0.3) is 0 Å². The first-order chi connectivity index (χ1) is 11.4. The van der Waals surface area contributed by atoms with E-state index in [9.17, 15) is 14.9 Å². The standard InChI is InChI=1S/C16H24N2O6/c1-12(2)17-10-15(24-18(20)21)11-23-14-7-4-13(5-8-14)6-9-16(19)22-3/h4-5,7-8,12,15,17H,6,9-11H2,1-3H3. The van der Waals surface area contributed by atoms with Crippen LogP contribution < -0.4 is 10.1 Å². The van der Waals surface area contributed by atoms with E-state index in [1.54, 1.807) is 12.1 Å². The van der Waals surface area contributed by atoms with Crippen LogP contribution in [0.15, 0.2) is 24.3 Å². The lowest BCUT2D eigenvalue weighted by Gasteiger charge is -2.18. The molecule has 1 N–H and O–H groups in total. The third-order valence-corrected chi connectivity index (χ3v) is 3.19. The molecule has 0 aromatic heterocycles. The van der Waals surface area contributed by atoms with E-state index in [2.05, 4.69) is 14.9 Å². The van der Waals surface area contributed by atoms with Gasteiger partial charge in [-0.2, -0.15) is 0 Å². The Kier molecular flexibility index (Phi) is 8.56. The summed E-state index contributed by atoms with van der Waals surface area (Å²) in [6.07, 6.45) is 0.204. The summed E-state index contributed by atoms with van der Waals surface area (Å²) in [4.78, 5) is 26.2. The molecule has 24 heavy (non-hydrogen) atoms. The van der Waals surface area contributed by atoms with Gasteiger partial charge in [-0.25, -0.2) is 0 Å². The van der Waals surface area contributed by atoms with E-state index in [0.29, 0.717) is 25.1 Å². The summed E-state index contributed by atoms with van der Waals surface area (Å²) in [5.41, 5.74) is 0.979. The van der Waals surface area contributed by atoms with Crippen molar-refractivity contribution < 1.29 is 24.2 Å². The highest BCUT2D eigenvalue weighted by Gasteiger charge is 2.15. The van der Waals surface area contributed by atoms with E-state index >= 15 is 0 Å². The molecule has 1 atom stereocenters. The Morgan fingerprint density at radius 1 is 1.29 bits per heavy atom. The van der Waals surface area contributed by atoms with Crippen molar-refractivity contribution >= 4 is 5.97 Å². The van der Waals surface area contributed by atoms with Crippen molar-refractivity contribution in [2.24, 2.45) is 0 Å². The maximum Gasteiger partial charge on any atom is 0.305 e. The van der Waals surface area contributed by atoms with Gasteiger partial charge in [-0.05, 0) is 24.1 Å². The minimum atomic E-state index is -0.814. The van der Waals surface area contributed by atoms with Crippen molar-refractivity contribution in [2.45, 2.75) is 38.8 Å². The van der Waals surface area contributed by atoms with E-state index < -0.39 is 11.2 Å². The van der Waals surface area contributed by atoms with Gasteiger partial charge in [-0.15, -0.1) is 10.1 Å². The summed E-state index contributed by atoms with van der Waals surface area (Å²) in [5, 5.41) is 12.8. The predicted octanol–water partition coefficient (Wildman–Crippen LogP) is 1.75. The Bertz CT molecular complexity index is 518. The first-order valence-corrected chi connectivity index (χ1v) is 7.73. The minimum Gasteiger partial charge on any atom is -0.491 e. The number of nitrogens with zero attached hydrogens (tertiary/aromatic N) is 1. The Morgan fingerprint density at radius 3 is 2.50 bits per heavy atom. The van der Waals surface area contributed by atoms with Crippen LogP contribution in [0.1, 0.15) is 25.8 Å². The molecule has 8 heteroatoms. The summed E-state index contributed by atoms with van der Waals surface area (Å²) in [7, 11) is 1.36. The molecule has 0 saturated heterocycles. The normalized spacial score (nSPS) is 11.8. The van der Waals surface area contributed by atoms with Gasteiger partial charge in [-0.1, -0.05) is 26.0 Å². The van der Waals surface area contributed by atoms with Gasteiger partial charge in [0.1, 0.15) is 12.4 Å². The average molecular weight is 340 g/mol. The number of aryl methyl sites for hydroxylation is 1. The summed E-state index contributed by atoms with van der Waals surface area (Å²) < 4.78 is 10.1. The average Bonchev–Trinajstić information content (AvgIpc) is 2.55. The second-order valence-corrected chi connectivity index (χ2v) is 5.55. The lowest BCUT2D eigenvalue weighted by molar-refractivity contribution is -0.768. The summed E-state index contributed by atoms with van der Waals surface area (Å²) in [6, 6.07) is 7.39. The molecule has 8 nitrogen and oxygen atoms in total. The fraction of sp³-hybridized carbons (Fsp3) is 0.562. The summed E-state index contributed by atoms with van der Waals surface area (Å²) >= 11 is 0. The van der Waals surface area contributed by atoms with Crippen LogP contribution >= 0.6 is 0 Å². The third-order valence-electron chi connectivity index (χ3n) is 3.19. The summed E-state index contributed by atoms with van der Waals surface area (Å²) in [5.74, 6) is 0.325. The van der Waals surface area contributed by atoms with Crippen LogP contribution in [-0.2, 0) is 20.8 Å². The van der Waals surface area contributed by atoms with E-state index in [0.717, 1.165) is 5.56 Å². The number of hydrogen-bond donors (Lipinski definition) is 1. The second-order valence-electron chi connectivity index (χ2n) is 5.55. The molecule has 0 aliphatic carbocycles. The van der Waals surface area contributed by atoms with Crippen LogP contribution in [0.2, 0.25) is 0 Å². The molecule has 1 unspecified atom stereocenters. The summed E-state index contributed by atoms with van der Waals surface area (Å²) in [6.45, 7) is 4.26. The van der Waals surface area contributed by atoms with Gasteiger partial charge in [0.15, 0.2) is 6.10 Å². The third kappa shape index (κ3) is 8.33. The highest BCUT2D eigenvalue weighted by Crippen LogP contribution is 2.14. The number of esters is 1. The zero-order valence-corrected chi connectivity index (χ0v) is 14.2. The van der Waals surface area contributed by atoms with Crippen LogP contribution in [0.4, 0.5) is 0 Å². The van der Waals surface area contributed by atoms with Crippen molar-refractivity contribution in [1.82, 2.24) is 5.32 Å². The molecular formula is C16H24N2O6. The van der Waals surface area contributed by atoms with Gasteiger partial charge in [0, 0.05) is 19.0 Å². The maximum atomic E-state index is 11.1. The SMILES string of the molecule is COC(=O)CCc1ccc(OCC(CNC(C)C)O[N+](=O)[O-])cc1. The zero-order valence-electron chi connectivity index (χ0n) is 14.2. The van der Waals surface area contributed by atoms with Crippen molar-refractivity contribution in [3.05, 3.63) is 39.9 Å². The maximum absolute atomic E-state index is 11.1. The highest BCUT2D eigenvalue weighted by molar-refractivity contribution is 5.69.